The van der Waals surface area contributed by atoms with E-state index in [2.05, 4.69) is 17.2 Å². The van der Waals surface area contributed by atoms with Gasteiger partial charge in [0, 0.05) is 11.4 Å². The molecule has 0 radical (unpaired) electrons. The minimum Gasteiger partial charge on any atom is -0.494 e. The Bertz CT molecular complexity index is 949. The van der Waals surface area contributed by atoms with E-state index in [9.17, 15) is 4.79 Å². The lowest BCUT2D eigenvalue weighted by molar-refractivity contribution is 0.300. The summed E-state index contributed by atoms with van der Waals surface area (Å²) in [6.07, 6.45) is 4.92. The lowest BCUT2D eigenvalue weighted by atomic mass is 9.89. The number of thiophene rings is 1. The SMILES string of the molecule is C[C@@H]1CCc2c(sc3nnn(CCCCOc4ccccc4)c(=O)c23)C1. The Morgan fingerprint density at radius 3 is 2.96 bits per heavy atom. The maximum atomic E-state index is 12.9. The molecule has 0 amide bonds. The van der Waals surface area contributed by atoms with Crippen molar-refractivity contribution in [1.29, 1.82) is 0 Å². The fourth-order valence-electron chi connectivity index (χ4n) is 3.51. The average molecular weight is 369 g/mol. The molecule has 2 heterocycles. The fourth-order valence-corrected chi connectivity index (χ4v) is 4.83. The molecule has 1 aliphatic rings. The topological polar surface area (TPSA) is 57.0 Å². The van der Waals surface area contributed by atoms with Crippen LogP contribution in [0.1, 0.15) is 36.6 Å². The van der Waals surface area contributed by atoms with E-state index in [1.807, 2.05) is 30.3 Å². The number of ether oxygens (including phenoxy) is 1. The average Bonchev–Trinajstić information content (AvgIpc) is 3.02. The highest BCUT2D eigenvalue weighted by atomic mass is 32.1. The second kappa shape index (κ2) is 7.58. The van der Waals surface area contributed by atoms with Crippen LogP contribution in [0.15, 0.2) is 35.1 Å². The first-order chi connectivity index (χ1) is 12.7. The normalized spacial score (nSPS) is 16.6. The molecule has 0 unspecified atom stereocenters. The Kier molecular flexibility index (Phi) is 5.02. The summed E-state index contributed by atoms with van der Waals surface area (Å²) in [5.74, 6) is 1.57. The van der Waals surface area contributed by atoms with Crippen molar-refractivity contribution >= 4 is 21.6 Å². The Morgan fingerprint density at radius 1 is 1.27 bits per heavy atom. The van der Waals surface area contributed by atoms with Gasteiger partial charge in [-0.25, -0.2) is 4.68 Å². The summed E-state index contributed by atoms with van der Waals surface area (Å²) < 4.78 is 7.22. The number of para-hydroxylation sites is 1. The van der Waals surface area contributed by atoms with E-state index >= 15 is 0 Å². The lowest BCUT2D eigenvalue weighted by Crippen LogP contribution is -2.25. The highest BCUT2D eigenvalue weighted by Gasteiger charge is 2.23. The van der Waals surface area contributed by atoms with E-state index in [1.165, 1.54) is 15.1 Å². The van der Waals surface area contributed by atoms with Gasteiger partial charge in [0.2, 0.25) is 0 Å². The van der Waals surface area contributed by atoms with Crippen LogP contribution in [0, 0.1) is 5.92 Å². The number of hydrogen-bond acceptors (Lipinski definition) is 5. The van der Waals surface area contributed by atoms with Gasteiger partial charge >= 0.3 is 0 Å². The van der Waals surface area contributed by atoms with Crippen molar-refractivity contribution in [2.75, 3.05) is 6.61 Å². The summed E-state index contributed by atoms with van der Waals surface area (Å²) in [5, 5.41) is 9.28. The van der Waals surface area contributed by atoms with Crippen LogP contribution >= 0.6 is 11.3 Å². The van der Waals surface area contributed by atoms with Gasteiger partial charge in [0.15, 0.2) is 4.83 Å². The van der Waals surface area contributed by atoms with Crippen molar-refractivity contribution in [3.8, 4) is 5.75 Å². The van der Waals surface area contributed by atoms with Gasteiger partial charge < -0.3 is 4.74 Å². The molecule has 0 saturated heterocycles. The number of aryl methyl sites for hydroxylation is 2. The number of hydrogen-bond donors (Lipinski definition) is 0. The van der Waals surface area contributed by atoms with Crippen molar-refractivity contribution in [3.05, 3.63) is 51.1 Å². The first kappa shape index (κ1) is 17.2. The van der Waals surface area contributed by atoms with Crippen LogP contribution in [-0.2, 0) is 19.4 Å². The lowest BCUT2D eigenvalue weighted by Gasteiger charge is -2.17. The molecule has 6 heteroatoms. The zero-order chi connectivity index (χ0) is 17.9. The highest BCUT2D eigenvalue weighted by molar-refractivity contribution is 7.18. The summed E-state index contributed by atoms with van der Waals surface area (Å²) in [6, 6.07) is 9.79. The predicted molar refractivity (Wildman–Crippen MR) is 104 cm³/mol. The van der Waals surface area contributed by atoms with E-state index in [-0.39, 0.29) is 5.56 Å². The van der Waals surface area contributed by atoms with E-state index in [1.54, 1.807) is 11.3 Å². The first-order valence-corrected chi connectivity index (χ1v) is 10.1. The van der Waals surface area contributed by atoms with Crippen molar-refractivity contribution in [1.82, 2.24) is 15.0 Å². The van der Waals surface area contributed by atoms with E-state index < -0.39 is 0 Å². The van der Waals surface area contributed by atoms with Crippen molar-refractivity contribution < 1.29 is 4.74 Å². The van der Waals surface area contributed by atoms with Gasteiger partial charge in [-0.1, -0.05) is 30.3 Å². The number of fused-ring (bicyclic) bond motifs is 3. The molecule has 136 valence electrons. The Labute approximate surface area is 156 Å². The van der Waals surface area contributed by atoms with Crippen LogP contribution in [0.4, 0.5) is 0 Å². The van der Waals surface area contributed by atoms with Gasteiger partial charge in [-0.15, -0.1) is 16.4 Å². The number of benzene rings is 1. The van der Waals surface area contributed by atoms with Crippen molar-refractivity contribution in [2.45, 2.75) is 45.6 Å². The smallest absolute Gasteiger partial charge is 0.278 e. The van der Waals surface area contributed by atoms with E-state index in [0.29, 0.717) is 19.1 Å². The van der Waals surface area contributed by atoms with Crippen LogP contribution in [0.2, 0.25) is 0 Å². The molecule has 1 aliphatic carbocycles. The maximum Gasteiger partial charge on any atom is 0.278 e. The molecule has 0 aliphatic heterocycles. The summed E-state index contributed by atoms with van der Waals surface area (Å²) >= 11 is 1.65. The summed E-state index contributed by atoms with van der Waals surface area (Å²) in [6.45, 7) is 3.50. The fraction of sp³-hybridized carbons (Fsp3) is 0.450. The van der Waals surface area contributed by atoms with Gasteiger partial charge in [-0.05, 0) is 55.7 Å². The molecule has 4 rings (SSSR count). The molecular formula is C20H23N3O2S. The van der Waals surface area contributed by atoms with E-state index in [0.717, 1.165) is 48.1 Å². The van der Waals surface area contributed by atoms with Gasteiger partial charge in [0.25, 0.3) is 5.56 Å². The van der Waals surface area contributed by atoms with Crippen molar-refractivity contribution in [3.63, 3.8) is 0 Å². The summed E-state index contributed by atoms with van der Waals surface area (Å²) in [5.41, 5.74) is 1.25. The second-order valence-electron chi connectivity index (χ2n) is 7.02. The second-order valence-corrected chi connectivity index (χ2v) is 8.10. The summed E-state index contributed by atoms with van der Waals surface area (Å²) in [4.78, 5) is 15.0. The largest absolute Gasteiger partial charge is 0.494 e. The van der Waals surface area contributed by atoms with Gasteiger partial charge in [0.05, 0.1) is 12.0 Å². The minimum atomic E-state index is 0.0195. The van der Waals surface area contributed by atoms with Crippen LogP contribution in [0.3, 0.4) is 0 Å². The van der Waals surface area contributed by atoms with Crippen LogP contribution < -0.4 is 10.3 Å². The van der Waals surface area contributed by atoms with Crippen LogP contribution in [0.5, 0.6) is 5.75 Å². The van der Waals surface area contributed by atoms with Gasteiger partial charge in [-0.3, -0.25) is 4.79 Å². The molecule has 0 spiro atoms. The predicted octanol–water partition coefficient (Wildman–Crippen LogP) is 3.84. The standard InChI is InChI=1S/C20H23N3O2S/c1-14-9-10-16-17(13-14)26-19-18(16)20(24)23(22-21-19)11-5-6-12-25-15-7-3-2-4-8-15/h2-4,7-8,14H,5-6,9-13H2,1H3/t14-/m1/s1. The maximum absolute atomic E-state index is 12.9. The number of rotatable bonds is 6. The zero-order valence-corrected chi connectivity index (χ0v) is 15.8. The molecule has 0 fully saturated rings. The quantitative estimate of drug-likeness (QED) is 0.620. The molecule has 5 nitrogen and oxygen atoms in total. The molecule has 2 aromatic heterocycles. The molecule has 0 saturated carbocycles. The molecule has 1 atom stereocenters. The molecule has 0 bridgehead atoms. The number of nitrogens with zero attached hydrogens (tertiary/aromatic N) is 3. The third-order valence-electron chi connectivity index (χ3n) is 4.96. The van der Waals surface area contributed by atoms with Crippen LogP contribution in [0.25, 0.3) is 10.2 Å². The number of unbranched alkanes of at least 4 members (excludes halogenated alkanes) is 1. The molecular weight excluding hydrogens is 346 g/mol. The van der Waals surface area contributed by atoms with Crippen molar-refractivity contribution in [2.24, 2.45) is 5.92 Å². The van der Waals surface area contributed by atoms with Crippen LogP contribution in [-0.4, -0.2) is 21.6 Å². The Morgan fingerprint density at radius 2 is 2.12 bits per heavy atom. The zero-order valence-electron chi connectivity index (χ0n) is 15.0. The minimum absolute atomic E-state index is 0.0195. The van der Waals surface area contributed by atoms with Gasteiger partial charge in [0.1, 0.15) is 5.75 Å². The number of aromatic nitrogens is 3. The third-order valence-corrected chi connectivity index (χ3v) is 6.10. The third kappa shape index (κ3) is 3.51. The highest BCUT2D eigenvalue weighted by Crippen LogP contribution is 2.35. The summed E-state index contributed by atoms with van der Waals surface area (Å²) in [7, 11) is 0. The Hall–Kier alpha value is -2.21. The molecule has 1 aromatic carbocycles. The molecule has 26 heavy (non-hydrogen) atoms. The molecule has 3 aromatic rings. The first-order valence-electron chi connectivity index (χ1n) is 9.28. The monoisotopic (exact) mass is 369 g/mol. The van der Waals surface area contributed by atoms with E-state index in [4.69, 9.17) is 4.74 Å². The molecule has 0 N–H and O–H groups in total. The van der Waals surface area contributed by atoms with Gasteiger partial charge in [-0.2, -0.15) is 0 Å². The Balaban J connectivity index is 1.41.